The van der Waals surface area contributed by atoms with Gasteiger partial charge in [-0.05, 0) is 43.4 Å². The molecular formula is C10H15F3O3S. The van der Waals surface area contributed by atoms with E-state index in [1.807, 2.05) is 0 Å². The Morgan fingerprint density at radius 2 is 1.94 bits per heavy atom. The fraction of sp³-hybridized carbons (Fsp3) is 1.00. The zero-order chi connectivity index (χ0) is 12.8. The number of hydrogen-bond acceptors (Lipinski definition) is 2. The Hall–Kier alpha value is -0.300. The summed E-state index contributed by atoms with van der Waals surface area (Å²) in [5.74, 6) is 0.559. The number of rotatable bonds is 4. The van der Waals surface area contributed by atoms with Gasteiger partial charge in [-0.1, -0.05) is 6.42 Å². The smallest absolute Gasteiger partial charge is 0.281 e. The van der Waals surface area contributed by atoms with Gasteiger partial charge in [0.05, 0.1) is 0 Å². The van der Waals surface area contributed by atoms with Crippen LogP contribution in [0.5, 0.6) is 0 Å². The minimum atomic E-state index is -5.66. The van der Waals surface area contributed by atoms with E-state index in [1.165, 1.54) is 0 Å². The van der Waals surface area contributed by atoms with E-state index in [0.29, 0.717) is 12.3 Å². The van der Waals surface area contributed by atoms with Gasteiger partial charge >= 0.3 is 15.4 Å². The molecule has 4 unspecified atom stereocenters. The van der Waals surface area contributed by atoms with Gasteiger partial charge in [0.1, 0.15) is 0 Å². The van der Waals surface area contributed by atoms with Crippen molar-refractivity contribution in [2.45, 2.75) is 43.5 Å². The Morgan fingerprint density at radius 1 is 1.29 bits per heavy atom. The summed E-state index contributed by atoms with van der Waals surface area (Å²) >= 11 is 0. The maximum absolute atomic E-state index is 13.4. The van der Waals surface area contributed by atoms with Crippen molar-refractivity contribution in [1.29, 1.82) is 0 Å². The molecule has 2 aliphatic carbocycles. The molecule has 100 valence electrons. The predicted octanol–water partition coefficient (Wildman–Crippen LogP) is 2.63. The van der Waals surface area contributed by atoms with Crippen molar-refractivity contribution in [2.75, 3.05) is 0 Å². The lowest BCUT2D eigenvalue weighted by Gasteiger charge is -2.25. The highest BCUT2D eigenvalue weighted by Gasteiger charge is 2.54. The summed E-state index contributed by atoms with van der Waals surface area (Å²) in [5, 5.41) is -4.69. The van der Waals surface area contributed by atoms with Gasteiger partial charge in [-0.15, -0.1) is 0 Å². The lowest BCUT2D eigenvalue weighted by Crippen LogP contribution is -2.40. The first-order valence-corrected chi connectivity index (χ1v) is 7.14. The fourth-order valence-electron chi connectivity index (χ4n) is 3.23. The van der Waals surface area contributed by atoms with Gasteiger partial charge in [0.15, 0.2) is 6.17 Å². The summed E-state index contributed by atoms with van der Waals surface area (Å²) in [5.41, 5.74) is 0. The van der Waals surface area contributed by atoms with Crippen LogP contribution >= 0.6 is 0 Å². The molecule has 0 aromatic rings. The van der Waals surface area contributed by atoms with Gasteiger partial charge in [-0.25, -0.2) is 4.39 Å². The number of alkyl halides is 3. The Kier molecular flexibility index (Phi) is 3.18. The lowest BCUT2D eigenvalue weighted by atomic mass is 9.85. The highest BCUT2D eigenvalue weighted by Crippen LogP contribution is 2.51. The first kappa shape index (κ1) is 13.1. The molecule has 0 saturated heterocycles. The Balaban J connectivity index is 2.00. The van der Waals surface area contributed by atoms with Crippen LogP contribution in [0.15, 0.2) is 0 Å². The molecule has 2 fully saturated rings. The topological polar surface area (TPSA) is 54.4 Å². The maximum Gasteiger partial charge on any atom is 0.400 e. The molecular weight excluding hydrogens is 257 g/mol. The van der Waals surface area contributed by atoms with Crippen molar-refractivity contribution >= 4 is 10.1 Å². The molecule has 2 rings (SSSR count). The molecule has 2 bridgehead atoms. The first-order valence-electron chi connectivity index (χ1n) is 5.70. The molecule has 0 spiro atoms. The van der Waals surface area contributed by atoms with E-state index in [4.69, 9.17) is 4.55 Å². The molecule has 2 saturated carbocycles. The summed E-state index contributed by atoms with van der Waals surface area (Å²) < 4.78 is 68.5. The first-order chi connectivity index (χ1) is 7.72. The second-order valence-electron chi connectivity index (χ2n) is 5.18. The highest BCUT2D eigenvalue weighted by molar-refractivity contribution is 7.86. The van der Waals surface area contributed by atoms with E-state index in [1.54, 1.807) is 0 Å². The number of hydrogen-bond donors (Lipinski definition) is 1. The second kappa shape index (κ2) is 4.12. The van der Waals surface area contributed by atoms with E-state index in [-0.39, 0.29) is 11.8 Å². The zero-order valence-corrected chi connectivity index (χ0v) is 9.97. The minimum absolute atomic E-state index is 0.170. The van der Waals surface area contributed by atoms with Gasteiger partial charge in [0.2, 0.25) is 0 Å². The largest absolute Gasteiger partial charge is 0.400 e. The summed E-state index contributed by atoms with van der Waals surface area (Å²) in [4.78, 5) is 0. The van der Waals surface area contributed by atoms with Crippen molar-refractivity contribution in [2.24, 2.45) is 17.8 Å². The van der Waals surface area contributed by atoms with Crippen molar-refractivity contribution in [3.63, 3.8) is 0 Å². The van der Waals surface area contributed by atoms with Crippen LogP contribution in [0, 0.1) is 17.8 Å². The summed E-state index contributed by atoms with van der Waals surface area (Å²) in [6.07, 6.45) is 0.323. The highest BCUT2D eigenvalue weighted by atomic mass is 32.2. The van der Waals surface area contributed by atoms with Crippen molar-refractivity contribution < 1.29 is 26.1 Å². The third-order valence-corrected chi connectivity index (χ3v) is 5.05. The van der Waals surface area contributed by atoms with Crippen molar-refractivity contribution in [3.05, 3.63) is 0 Å². The SMILES string of the molecule is O=S(=O)(O)C(F)(F)C(F)CC1CC2CCC1C2. The zero-order valence-electron chi connectivity index (χ0n) is 9.15. The van der Waals surface area contributed by atoms with Crippen LogP contribution in [-0.2, 0) is 10.1 Å². The Labute approximate surface area is 98.1 Å². The standard InChI is InChI=1S/C10H15F3O3S/c11-9(10(12,13)17(14,15)16)5-8-4-6-1-2-7(8)3-6/h6-9H,1-5H2,(H,14,15,16). The van der Waals surface area contributed by atoms with Gasteiger partial charge < -0.3 is 0 Å². The number of halogens is 3. The molecule has 0 radical (unpaired) electrons. The molecule has 0 aromatic heterocycles. The molecule has 0 aromatic carbocycles. The average molecular weight is 272 g/mol. The molecule has 0 aliphatic heterocycles. The normalized spacial score (nSPS) is 35.2. The van der Waals surface area contributed by atoms with E-state index in [0.717, 1.165) is 19.3 Å². The summed E-state index contributed by atoms with van der Waals surface area (Å²) in [6, 6.07) is 0. The lowest BCUT2D eigenvalue weighted by molar-refractivity contribution is -0.0166. The molecule has 0 amide bonds. The molecule has 17 heavy (non-hydrogen) atoms. The molecule has 4 atom stereocenters. The Morgan fingerprint density at radius 3 is 2.35 bits per heavy atom. The van der Waals surface area contributed by atoms with Crippen molar-refractivity contribution in [1.82, 2.24) is 0 Å². The monoisotopic (exact) mass is 272 g/mol. The fourth-order valence-corrected chi connectivity index (χ4v) is 3.65. The summed E-state index contributed by atoms with van der Waals surface area (Å²) in [6.45, 7) is 0. The van der Waals surface area contributed by atoms with E-state index in [2.05, 4.69) is 0 Å². The van der Waals surface area contributed by atoms with Gasteiger partial charge in [-0.2, -0.15) is 17.2 Å². The van der Waals surface area contributed by atoms with Crippen LogP contribution in [0.1, 0.15) is 32.1 Å². The molecule has 3 nitrogen and oxygen atoms in total. The summed E-state index contributed by atoms with van der Waals surface area (Å²) in [7, 11) is -5.66. The van der Waals surface area contributed by atoms with Crippen molar-refractivity contribution in [3.8, 4) is 0 Å². The van der Waals surface area contributed by atoms with Gasteiger partial charge in [0, 0.05) is 0 Å². The minimum Gasteiger partial charge on any atom is -0.281 e. The molecule has 2 aliphatic rings. The average Bonchev–Trinajstić information content (AvgIpc) is 2.76. The molecule has 0 heterocycles. The van der Waals surface area contributed by atoms with E-state index >= 15 is 0 Å². The van der Waals surface area contributed by atoms with E-state index in [9.17, 15) is 21.6 Å². The van der Waals surface area contributed by atoms with Crippen LogP contribution in [0.4, 0.5) is 13.2 Å². The van der Waals surface area contributed by atoms with Crippen LogP contribution < -0.4 is 0 Å². The number of fused-ring (bicyclic) bond motifs is 2. The predicted molar refractivity (Wildman–Crippen MR) is 54.9 cm³/mol. The third-order valence-electron chi connectivity index (χ3n) is 4.10. The maximum atomic E-state index is 13.4. The molecule has 1 N–H and O–H groups in total. The van der Waals surface area contributed by atoms with Crippen LogP contribution in [0.2, 0.25) is 0 Å². The second-order valence-corrected chi connectivity index (χ2v) is 6.67. The van der Waals surface area contributed by atoms with E-state index < -0.39 is 28.0 Å². The molecule has 7 heteroatoms. The van der Waals surface area contributed by atoms with Gasteiger partial charge in [-0.3, -0.25) is 4.55 Å². The third kappa shape index (κ3) is 2.31. The quantitative estimate of drug-likeness (QED) is 0.800. The van der Waals surface area contributed by atoms with Crippen LogP contribution in [0.3, 0.4) is 0 Å². The van der Waals surface area contributed by atoms with Crippen LogP contribution in [-0.4, -0.2) is 24.4 Å². The van der Waals surface area contributed by atoms with Crippen LogP contribution in [0.25, 0.3) is 0 Å². The Bertz CT molecular complexity index is 396. The van der Waals surface area contributed by atoms with Gasteiger partial charge in [0.25, 0.3) is 0 Å².